The Bertz CT molecular complexity index is 1140. The normalized spacial score (nSPS) is 19.0. The first-order valence-corrected chi connectivity index (χ1v) is 12.7. The van der Waals surface area contributed by atoms with Crippen LogP contribution in [0.4, 0.5) is 4.39 Å². The summed E-state index contributed by atoms with van der Waals surface area (Å²) in [6, 6.07) is 8.76. The average molecular weight is 549 g/mol. The molecule has 9 nitrogen and oxygen atoms in total. The second-order valence-corrected chi connectivity index (χ2v) is 9.23. The van der Waals surface area contributed by atoms with Crippen LogP contribution in [0.15, 0.2) is 36.4 Å². The van der Waals surface area contributed by atoms with Crippen LogP contribution in [0.1, 0.15) is 48.0 Å². The molecule has 0 aliphatic carbocycles. The van der Waals surface area contributed by atoms with E-state index in [0.717, 1.165) is 19.4 Å². The maximum absolute atomic E-state index is 14.3. The number of nitrogens with zero attached hydrogens (tertiary/aromatic N) is 1. The lowest BCUT2D eigenvalue weighted by Crippen LogP contribution is -2.45. The molecule has 0 aromatic heterocycles. The van der Waals surface area contributed by atoms with Gasteiger partial charge in [-0.2, -0.15) is 0 Å². The number of ether oxygens (including phenoxy) is 2. The summed E-state index contributed by atoms with van der Waals surface area (Å²) >= 11 is 0. The van der Waals surface area contributed by atoms with Crippen LogP contribution in [0.25, 0.3) is 0 Å². The predicted octanol–water partition coefficient (Wildman–Crippen LogP) is 3.16. The zero-order valence-electron chi connectivity index (χ0n) is 21.4. The van der Waals surface area contributed by atoms with Crippen LogP contribution in [0.5, 0.6) is 17.2 Å². The number of fused-ring (bicyclic) bond motifs is 13. The van der Waals surface area contributed by atoms with Crippen molar-refractivity contribution in [1.29, 1.82) is 0 Å². The molecule has 3 heterocycles. The third-order valence-electron chi connectivity index (χ3n) is 6.47. The topological polar surface area (TPSA) is 109 Å². The molecule has 3 amide bonds. The fraction of sp³-hybridized carbons (Fsp3) is 0.444. The van der Waals surface area contributed by atoms with Crippen molar-refractivity contribution in [2.24, 2.45) is 0 Å². The number of hydrogen-bond donors (Lipinski definition) is 3. The number of nitrogens with one attached hydrogen (secondary N) is 3. The average Bonchev–Trinajstić information content (AvgIpc) is 3.43. The highest BCUT2D eigenvalue weighted by molar-refractivity contribution is 5.94. The van der Waals surface area contributed by atoms with Crippen molar-refractivity contribution in [3.8, 4) is 17.2 Å². The third kappa shape index (κ3) is 7.82. The number of carbonyl (C=O) groups excluding carboxylic acids is 3. The Hall–Kier alpha value is -3.37. The molecule has 1 atom stereocenters. The Morgan fingerprint density at radius 1 is 1.05 bits per heavy atom. The summed E-state index contributed by atoms with van der Waals surface area (Å²) in [5.74, 6) is -0.0570. The highest BCUT2D eigenvalue weighted by atomic mass is 35.5. The number of amides is 3. The SMILES string of the molecule is COc1cc2ccc1Oc1cc(F)cc(c1)CNC(=O)CCCN(C(=O)[C@@H]1CCCN1)CCCNC2=O.Cl. The summed E-state index contributed by atoms with van der Waals surface area (Å²) in [7, 11) is 1.46. The summed E-state index contributed by atoms with van der Waals surface area (Å²) in [6.07, 6.45) is 3.07. The van der Waals surface area contributed by atoms with Gasteiger partial charge >= 0.3 is 0 Å². The zero-order valence-corrected chi connectivity index (χ0v) is 22.2. The van der Waals surface area contributed by atoms with E-state index in [1.54, 1.807) is 29.2 Å². The predicted molar refractivity (Wildman–Crippen MR) is 142 cm³/mol. The maximum Gasteiger partial charge on any atom is 0.251 e. The largest absolute Gasteiger partial charge is 0.493 e. The van der Waals surface area contributed by atoms with Crippen LogP contribution < -0.4 is 25.4 Å². The number of hydrogen-bond acceptors (Lipinski definition) is 6. The summed E-state index contributed by atoms with van der Waals surface area (Å²) < 4.78 is 25.5. The van der Waals surface area contributed by atoms with E-state index in [1.165, 1.54) is 19.2 Å². The van der Waals surface area contributed by atoms with E-state index in [1.807, 2.05) is 0 Å². The van der Waals surface area contributed by atoms with Crippen molar-refractivity contribution in [3.05, 3.63) is 53.3 Å². The van der Waals surface area contributed by atoms with Crippen molar-refractivity contribution in [3.63, 3.8) is 0 Å². The maximum atomic E-state index is 14.3. The molecule has 2 aromatic carbocycles. The van der Waals surface area contributed by atoms with Gasteiger partial charge in [0, 0.05) is 44.2 Å². The Balaban J connectivity index is 0.00000400. The molecule has 0 unspecified atom stereocenters. The molecule has 0 spiro atoms. The van der Waals surface area contributed by atoms with Crippen molar-refractivity contribution in [2.45, 2.75) is 44.7 Å². The number of benzene rings is 2. The molecule has 5 rings (SSSR count). The zero-order chi connectivity index (χ0) is 26.2. The third-order valence-corrected chi connectivity index (χ3v) is 6.47. The minimum Gasteiger partial charge on any atom is -0.493 e. The molecule has 11 heteroatoms. The number of methoxy groups -OCH3 is 1. The lowest BCUT2D eigenvalue weighted by atomic mass is 10.1. The highest BCUT2D eigenvalue weighted by Gasteiger charge is 2.26. The summed E-state index contributed by atoms with van der Waals surface area (Å²) in [5, 5.41) is 8.93. The monoisotopic (exact) mass is 548 g/mol. The second-order valence-electron chi connectivity index (χ2n) is 9.23. The molecule has 1 fully saturated rings. The molecule has 1 saturated heterocycles. The van der Waals surface area contributed by atoms with Crippen molar-refractivity contribution in [2.75, 3.05) is 33.3 Å². The Morgan fingerprint density at radius 3 is 2.63 bits per heavy atom. The van der Waals surface area contributed by atoms with Crippen LogP contribution in [0, 0.1) is 5.82 Å². The van der Waals surface area contributed by atoms with Gasteiger partial charge in [-0.15, -0.1) is 12.4 Å². The van der Waals surface area contributed by atoms with E-state index in [4.69, 9.17) is 9.47 Å². The second kappa shape index (κ2) is 14.0. The Labute approximate surface area is 227 Å². The van der Waals surface area contributed by atoms with Gasteiger partial charge in [-0.05, 0) is 68.1 Å². The Kier molecular flexibility index (Phi) is 10.7. The van der Waals surface area contributed by atoms with Gasteiger partial charge in [0.25, 0.3) is 5.91 Å². The molecule has 4 bridgehead atoms. The Morgan fingerprint density at radius 2 is 1.87 bits per heavy atom. The van der Waals surface area contributed by atoms with Gasteiger partial charge < -0.3 is 30.3 Å². The van der Waals surface area contributed by atoms with E-state index in [-0.39, 0.29) is 54.9 Å². The minimum absolute atomic E-state index is 0. The van der Waals surface area contributed by atoms with Gasteiger partial charge in [0.15, 0.2) is 11.5 Å². The molecule has 0 radical (unpaired) electrons. The fourth-order valence-electron chi connectivity index (χ4n) is 4.54. The lowest BCUT2D eigenvalue weighted by Gasteiger charge is -2.26. The molecule has 2 aromatic rings. The van der Waals surface area contributed by atoms with Crippen molar-refractivity contribution in [1.82, 2.24) is 20.9 Å². The number of carbonyl (C=O) groups is 3. The van der Waals surface area contributed by atoms with Crippen LogP contribution in [-0.2, 0) is 16.1 Å². The van der Waals surface area contributed by atoms with E-state index in [0.29, 0.717) is 55.1 Å². The van der Waals surface area contributed by atoms with Crippen molar-refractivity contribution < 1.29 is 28.2 Å². The van der Waals surface area contributed by atoms with Crippen LogP contribution in [0.2, 0.25) is 0 Å². The van der Waals surface area contributed by atoms with Gasteiger partial charge in [-0.25, -0.2) is 4.39 Å². The first kappa shape index (κ1) is 29.2. The van der Waals surface area contributed by atoms with Gasteiger partial charge in [0.2, 0.25) is 11.8 Å². The first-order chi connectivity index (χ1) is 17.9. The number of halogens is 2. The molecular weight excluding hydrogens is 515 g/mol. The summed E-state index contributed by atoms with van der Waals surface area (Å²) in [5.41, 5.74) is 0.932. The smallest absolute Gasteiger partial charge is 0.251 e. The number of rotatable bonds is 2. The van der Waals surface area contributed by atoms with E-state index in [2.05, 4.69) is 16.0 Å². The molecule has 3 aliphatic rings. The van der Waals surface area contributed by atoms with E-state index < -0.39 is 5.82 Å². The van der Waals surface area contributed by atoms with Gasteiger partial charge in [0.1, 0.15) is 11.6 Å². The van der Waals surface area contributed by atoms with Gasteiger partial charge in [-0.3, -0.25) is 14.4 Å². The van der Waals surface area contributed by atoms with Gasteiger partial charge in [0.05, 0.1) is 13.2 Å². The molecule has 0 saturated carbocycles. The van der Waals surface area contributed by atoms with Gasteiger partial charge in [-0.1, -0.05) is 0 Å². The fourth-order valence-corrected chi connectivity index (χ4v) is 4.54. The highest BCUT2D eigenvalue weighted by Crippen LogP contribution is 2.33. The van der Waals surface area contributed by atoms with E-state index in [9.17, 15) is 18.8 Å². The molecule has 3 aliphatic heterocycles. The van der Waals surface area contributed by atoms with E-state index >= 15 is 0 Å². The van der Waals surface area contributed by atoms with Crippen molar-refractivity contribution >= 4 is 30.1 Å². The molecule has 38 heavy (non-hydrogen) atoms. The summed E-state index contributed by atoms with van der Waals surface area (Å²) in [6.45, 7) is 2.25. The standard InChI is InChI=1S/C27H33FN4O5.ClH/c1-36-24-15-19-7-8-23(24)37-21-14-18(13-20(28)16-21)17-31-25(33)6-3-11-32(12-4-10-30-26(19)34)27(35)22-5-2-9-29-22;/h7-8,13-16,22,29H,2-6,9-12,17H2,1H3,(H,30,34)(H,31,33);1H/t22-;/m0./s1. The molecular formula is C27H34ClFN4O5. The molecule has 3 N–H and O–H groups in total. The minimum atomic E-state index is -0.506. The lowest BCUT2D eigenvalue weighted by molar-refractivity contribution is -0.133. The quantitative estimate of drug-likeness (QED) is 0.532. The molecule has 206 valence electrons. The van der Waals surface area contributed by atoms with Crippen LogP contribution >= 0.6 is 12.4 Å². The first-order valence-electron chi connectivity index (χ1n) is 12.7. The van der Waals surface area contributed by atoms with Crippen LogP contribution in [-0.4, -0.2) is 62.0 Å². The summed E-state index contributed by atoms with van der Waals surface area (Å²) in [4.78, 5) is 40.0. The van der Waals surface area contributed by atoms with Crippen LogP contribution in [0.3, 0.4) is 0 Å².